The largest absolute Gasteiger partial charge is 0.471 e. The molecule has 0 heterocycles. The molecular weight excluding hydrogens is 384 g/mol. The molecule has 0 amide bonds. The second kappa shape index (κ2) is 18.5. The molecule has 29 heavy (non-hydrogen) atoms. The molecule has 5 nitrogen and oxygen atoms in total. The molecule has 0 bridgehead atoms. The highest BCUT2D eigenvalue weighted by Crippen LogP contribution is 2.17. The van der Waals surface area contributed by atoms with E-state index < -0.39 is 0 Å². The van der Waals surface area contributed by atoms with Gasteiger partial charge in [-0.15, -0.1) is 0 Å². The van der Waals surface area contributed by atoms with Gasteiger partial charge < -0.3 is 10.5 Å². The van der Waals surface area contributed by atoms with E-state index in [-0.39, 0.29) is 18.6 Å². The van der Waals surface area contributed by atoms with Crippen LogP contribution in [0.4, 0.5) is 0 Å². The van der Waals surface area contributed by atoms with Gasteiger partial charge in [0.15, 0.2) is 6.73 Å². The smallest absolute Gasteiger partial charge is 0.219 e. The number of nitriles is 1. The number of hydrogen-bond acceptors (Lipinski definition) is 3. The molecule has 1 aromatic carbocycles. The number of guanidine groups is 1. The fourth-order valence-corrected chi connectivity index (χ4v) is 1.92. The van der Waals surface area contributed by atoms with E-state index in [2.05, 4.69) is 16.6 Å². The third-order valence-electron chi connectivity index (χ3n) is 3.23. The highest BCUT2D eigenvalue weighted by atomic mass is 35.5. The monoisotopic (exact) mass is 416 g/mol. The first-order valence-electron chi connectivity index (χ1n) is 9.39. The van der Waals surface area contributed by atoms with Crippen molar-refractivity contribution in [1.82, 2.24) is 0 Å². The van der Waals surface area contributed by atoms with Gasteiger partial charge in [-0.05, 0) is 32.4 Å². The van der Waals surface area contributed by atoms with Gasteiger partial charge in [0.1, 0.15) is 10.9 Å². The Morgan fingerprint density at radius 2 is 1.69 bits per heavy atom. The third kappa shape index (κ3) is 15.9. The number of rotatable bonds is 6. The van der Waals surface area contributed by atoms with Gasteiger partial charge in [-0.1, -0.05) is 81.4 Å². The zero-order chi connectivity index (χ0) is 22.7. The first-order chi connectivity index (χ1) is 13.8. The maximum Gasteiger partial charge on any atom is 0.219 e. The number of nitrogens with two attached hydrogens (primary N) is 1. The molecule has 0 spiro atoms. The average molecular weight is 417 g/mol. The van der Waals surface area contributed by atoms with Crippen LogP contribution in [0.2, 0.25) is 0 Å². The first-order valence-corrected chi connectivity index (χ1v) is 9.77. The number of halogens is 1. The fourth-order valence-electron chi connectivity index (χ4n) is 1.83. The van der Waals surface area contributed by atoms with Crippen molar-refractivity contribution in [3.05, 3.63) is 72.0 Å². The van der Waals surface area contributed by atoms with Gasteiger partial charge in [0.2, 0.25) is 5.96 Å². The van der Waals surface area contributed by atoms with Gasteiger partial charge in [-0.3, -0.25) is 0 Å². The van der Waals surface area contributed by atoms with Crippen molar-refractivity contribution < 1.29 is 4.74 Å². The summed E-state index contributed by atoms with van der Waals surface area (Å²) in [6, 6.07) is 14.0. The SMILES string of the molecule is C=C(C#N)C(C)C=C(C)/C(=C/C)OC/N=C(N)\N=C(/C)Cl.CC.c1ccccc1. The number of ether oxygens (including phenoxy) is 1. The summed E-state index contributed by atoms with van der Waals surface area (Å²) in [7, 11) is 0. The Morgan fingerprint density at radius 1 is 1.21 bits per heavy atom. The van der Waals surface area contributed by atoms with Crippen LogP contribution in [0.25, 0.3) is 0 Å². The van der Waals surface area contributed by atoms with E-state index in [0.717, 1.165) is 5.57 Å². The molecule has 6 heteroatoms. The Balaban J connectivity index is 0. The predicted octanol–water partition coefficient (Wildman–Crippen LogP) is 6.21. The molecule has 1 unspecified atom stereocenters. The lowest BCUT2D eigenvalue weighted by molar-refractivity contribution is 0.229. The van der Waals surface area contributed by atoms with Gasteiger partial charge in [0, 0.05) is 11.5 Å². The molecule has 0 aromatic heterocycles. The van der Waals surface area contributed by atoms with E-state index in [1.54, 1.807) is 6.92 Å². The Kier molecular flexibility index (Phi) is 18.1. The first kappa shape index (κ1) is 28.4. The highest BCUT2D eigenvalue weighted by Gasteiger charge is 2.06. The molecule has 0 radical (unpaired) electrons. The predicted molar refractivity (Wildman–Crippen MR) is 126 cm³/mol. The minimum atomic E-state index is -0.0504. The normalized spacial score (nSPS) is 13.0. The number of aliphatic imine (C=N–C) groups is 2. The summed E-state index contributed by atoms with van der Waals surface area (Å²) in [5.74, 6) is 0.673. The number of nitrogens with zero attached hydrogens (tertiary/aromatic N) is 3. The van der Waals surface area contributed by atoms with Gasteiger partial charge in [-0.2, -0.15) is 5.26 Å². The van der Waals surface area contributed by atoms with Gasteiger partial charge in [-0.25, -0.2) is 9.98 Å². The molecule has 0 aliphatic carbocycles. The van der Waals surface area contributed by atoms with Gasteiger partial charge in [0.05, 0.1) is 6.07 Å². The van der Waals surface area contributed by atoms with Crippen LogP contribution >= 0.6 is 11.6 Å². The van der Waals surface area contributed by atoms with Crippen LogP contribution in [0.3, 0.4) is 0 Å². The zero-order valence-corrected chi connectivity index (χ0v) is 19.1. The highest BCUT2D eigenvalue weighted by molar-refractivity contribution is 6.65. The van der Waals surface area contributed by atoms with Crippen molar-refractivity contribution in [2.75, 3.05) is 6.73 Å². The Morgan fingerprint density at radius 3 is 2.07 bits per heavy atom. The van der Waals surface area contributed by atoms with Crippen molar-refractivity contribution in [3.8, 4) is 6.07 Å². The molecule has 2 N–H and O–H groups in total. The van der Waals surface area contributed by atoms with E-state index in [9.17, 15) is 0 Å². The Hall–Kier alpha value is -2.84. The number of benzene rings is 1. The molecule has 0 saturated heterocycles. The second-order valence-electron chi connectivity index (χ2n) is 5.48. The molecule has 1 rings (SSSR count). The standard InChI is InChI=1S/C15H21ClN4O.C6H6.C2H6/c1-6-14(11(3)7-10(2)12(4)8-17)21-9-19-15(18)20-13(5)16;1-2-4-6-5-3-1;1-2/h6-7,10H,4,9H2,1-3,5H3,(H2,18,19);1-6H;1-2H3/b11-7?,14-6-,20-13+;;. The van der Waals surface area contributed by atoms with Crippen LogP contribution in [0, 0.1) is 17.2 Å². The minimum Gasteiger partial charge on any atom is -0.471 e. The fraction of sp³-hybridized carbons (Fsp3) is 0.348. The molecule has 1 aromatic rings. The molecule has 0 aliphatic rings. The zero-order valence-electron chi connectivity index (χ0n) is 18.3. The number of allylic oxidation sites excluding steroid dienone is 4. The van der Waals surface area contributed by atoms with Crippen molar-refractivity contribution >= 4 is 22.7 Å². The quantitative estimate of drug-likeness (QED) is 0.196. The van der Waals surface area contributed by atoms with E-state index in [0.29, 0.717) is 16.5 Å². The summed E-state index contributed by atoms with van der Waals surface area (Å²) in [6.07, 6.45) is 3.73. The summed E-state index contributed by atoms with van der Waals surface area (Å²) >= 11 is 5.59. The van der Waals surface area contributed by atoms with Gasteiger partial charge in [0.25, 0.3) is 0 Å². The lowest BCUT2D eigenvalue weighted by Gasteiger charge is -2.11. The van der Waals surface area contributed by atoms with E-state index in [1.165, 1.54) is 0 Å². The summed E-state index contributed by atoms with van der Waals surface area (Å²) in [6.45, 7) is 15.0. The lowest BCUT2D eigenvalue weighted by Crippen LogP contribution is -2.11. The minimum absolute atomic E-state index is 0.0396. The van der Waals surface area contributed by atoms with Crippen molar-refractivity contribution in [1.29, 1.82) is 5.26 Å². The summed E-state index contributed by atoms with van der Waals surface area (Å²) in [5, 5.41) is 9.12. The summed E-state index contributed by atoms with van der Waals surface area (Å²) in [5.41, 5.74) is 6.93. The van der Waals surface area contributed by atoms with Crippen LogP contribution in [0.1, 0.15) is 41.5 Å². The van der Waals surface area contributed by atoms with Crippen LogP contribution in [-0.2, 0) is 4.74 Å². The van der Waals surface area contributed by atoms with E-state index in [4.69, 9.17) is 27.3 Å². The molecular formula is C23H33ClN4O. The maximum absolute atomic E-state index is 8.81. The van der Waals surface area contributed by atoms with Crippen LogP contribution in [0.5, 0.6) is 0 Å². The van der Waals surface area contributed by atoms with Crippen LogP contribution in [0.15, 0.2) is 82.0 Å². The molecule has 1 atom stereocenters. The molecule has 0 saturated carbocycles. The van der Waals surface area contributed by atoms with Crippen LogP contribution in [-0.4, -0.2) is 17.9 Å². The van der Waals surface area contributed by atoms with Gasteiger partial charge >= 0.3 is 0 Å². The summed E-state index contributed by atoms with van der Waals surface area (Å²) < 4.78 is 5.52. The second-order valence-corrected chi connectivity index (χ2v) is 6.03. The molecule has 158 valence electrons. The Labute approximate surface area is 181 Å². The van der Waals surface area contributed by atoms with Crippen molar-refractivity contribution in [2.24, 2.45) is 21.6 Å². The topological polar surface area (TPSA) is 83.8 Å². The summed E-state index contributed by atoms with van der Waals surface area (Å²) in [4.78, 5) is 7.70. The third-order valence-corrected chi connectivity index (χ3v) is 3.31. The van der Waals surface area contributed by atoms with Crippen molar-refractivity contribution in [2.45, 2.75) is 41.5 Å². The average Bonchev–Trinajstić information content (AvgIpc) is 2.73. The molecule has 0 aliphatic heterocycles. The lowest BCUT2D eigenvalue weighted by atomic mass is 10.0. The van der Waals surface area contributed by atoms with Crippen LogP contribution < -0.4 is 5.73 Å². The maximum atomic E-state index is 8.81. The van der Waals surface area contributed by atoms with E-state index in [1.807, 2.05) is 89.2 Å². The molecule has 0 fully saturated rings. The Bertz CT molecular complexity index is 713. The van der Waals surface area contributed by atoms with E-state index >= 15 is 0 Å². The number of hydrogen-bond donors (Lipinski definition) is 1. The van der Waals surface area contributed by atoms with Crippen molar-refractivity contribution in [3.63, 3.8) is 0 Å².